The predicted molar refractivity (Wildman–Crippen MR) is 106 cm³/mol. The number of aryl methyl sites for hydroxylation is 1. The van der Waals surface area contributed by atoms with E-state index in [1.807, 2.05) is 55.3 Å². The van der Waals surface area contributed by atoms with Gasteiger partial charge in [0, 0.05) is 37.9 Å². The fourth-order valence-corrected chi connectivity index (χ4v) is 3.24. The maximum atomic E-state index is 12.5. The molecule has 1 aliphatic rings. The van der Waals surface area contributed by atoms with E-state index in [-0.39, 0.29) is 6.03 Å². The van der Waals surface area contributed by atoms with Gasteiger partial charge in [-0.1, -0.05) is 0 Å². The van der Waals surface area contributed by atoms with E-state index in [4.69, 9.17) is 4.74 Å². The average Bonchev–Trinajstić information content (AvgIpc) is 3.10. The Morgan fingerprint density at radius 2 is 1.89 bits per heavy atom. The van der Waals surface area contributed by atoms with Gasteiger partial charge in [0.15, 0.2) is 11.5 Å². The van der Waals surface area contributed by atoms with E-state index in [1.54, 1.807) is 4.52 Å². The Labute approximate surface area is 162 Å². The number of carbonyl (C=O) groups is 1. The molecular weight excluding hydrogens is 358 g/mol. The first-order valence-corrected chi connectivity index (χ1v) is 9.36. The highest BCUT2D eigenvalue weighted by Gasteiger charge is 2.22. The minimum absolute atomic E-state index is 0.0922. The molecule has 1 fully saturated rings. The van der Waals surface area contributed by atoms with Crippen LogP contribution in [-0.4, -0.2) is 63.5 Å². The number of benzene rings is 1. The lowest BCUT2D eigenvalue weighted by Crippen LogP contribution is -2.50. The Morgan fingerprint density at radius 3 is 2.61 bits per heavy atom. The molecule has 0 bridgehead atoms. The second-order valence-corrected chi connectivity index (χ2v) is 6.59. The van der Waals surface area contributed by atoms with Crippen LogP contribution in [0.15, 0.2) is 36.5 Å². The fraction of sp³-hybridized carbons (Fsp3) is 0.368. The van der Waals surface area contributed by atoms with E-state index in [0.717, 1.165) is 41.7 Å². The molecule has 0 radical (unpaired) electrons. The largest absolute Gasteiger partial charge is 0.494 e. The maximum Gasteiger partial charge on any atom is 0.321 e. The van der Waals surface area contributed by atoms with E-state index < -0.39 is 0 Å². The highest BCUT2D eigenvalue weighted by atomic mass is 16.5. The van der Waals surface area contributed by atoms with Crippen molar-refractivity contribution in [3.8, 4) is 5.75 Å². The summed E-state index contributed by atoms with van der Waals surface area (Å²) in [5.41, 5.74) is 2.48. The van der Waals surface area contributed by atoms with Crippen molar-refractivity contribution in [2.24, 2.45) is 0 Å². The molecule has 3 aromatic rings. The van der Waals surface area contributed by atoms with Gasteiger partial charge >= 0.3 is 6.03 Å². The monoisotopic (exact) mass is 381 g/mol. The van der Waals surface area contributed by atoms with Gasteiger partial charge in [0.25, 0.3) is 0 Å². The van der Waals surface area contributed by atoms with E-state index in [2.05, 4.69) is 25.5 Å². The van der Waals surface area contributed by atoms with Gasteiger partial charge in [-0.05, 0) is 38.1 Å². The van der Waals surface area contributed by atoms with Crippen LogP contribution in [0.1, 0.15) is 12.7 Å². The summed E-state index contributed by atoms with van der Waals surface area (Å²) in [6, 6.07) is 9.29. The fourth-order valence-electron chi connectivity index (χ4n) is 3.24. The zero-order valence-electron chi connectivity index (χ0n) is 16.0. The number of nitrogens with zero attached hydrogens (tertiary/aromatic N) is 6. The van der Waals surface area contributed by atoms with Crippen molar-refractivity contribution in [2.45, 2.75) is 13.8 Å². The van der Waals surface area contributed by atoms with Gasteiger partial charge in [-0.15, -0.1) is 10.2 Å². The molecule has 3 heterocycles. The highest BCUT2D eigenvalue weighted by Crippen LogP contribution is 2.19. The van der Waals surface area contributed by atoms with E-state index in [1.165, 1.54) is 0 Å². The van der Waals surface area contributed by atoms with Crippen LogP contribution in [0.3, 0.4) is 0 Å². The van der Waals surface area contributed by atoms with Crippen molar-refractivity contribution in [1.29, 1.82) is 0 Å². The van der Waals surface area contributed by atoms with Crippen molar-refractivity contribution in [1.82, 2.24) is 24.7 Å². The van der Waals surface area contributed by atoms with Gasteiger partial charge in [-0.3, -0.25) is 0 Å². The molecule has 4 rings (SSSR count). The van der Waals surface area contributed by atoms with Crippen LogP contribution in [0.4, 0.5) is 16.2 Å². The number of rotatable bonds is 4. The van der Waals surface area contributed by atoms with Gasteiger partial charge in [-0.2, -0.15) is 9.61 Å². The van der Waals surface area contributed by atoms with Crippen molar-refractivity contribution < 1.29 is 9.53 Å². The molecule has 0 spiro atoms. The number of ether oxygens (including phenoxy) is 1. The first-order valence-electron chi connectivity index (χ1n) is 9.36. The van der Waals surface area contributed by atoms with Gasteiger partial charge in [0.1, 0.15) is 5.75 Å². The molecule has 1 aliphatic heterocycles. The predicted octanol–water partition coefficient (Wildman–Crippen LogP) is 2.19. The lowest BCUT2D eigenvalue weighted by Gasteiger charge is -2.35. The molecular formula is C19H23N7O2. The number of fused-ring (bicyclic) bond motifs is 1. The minimum atomic E-state index is -0.0922. The molecule has 2 amide bonds. The topological polar surface area (TPSA) is 87.9 Å². The Bertz CT molecular complexity index is 962. The van der Waals surface area contributed by atoms with Gasteiger partial charge in [0.2, 0.25) is 0 Å². The van der Waals surface area contributed by atoms with Crippen LogP contribution in [0.5, 0.6) is 5.75 Å². The third kappa shape index (κ3) is 3.68. The first kappa shape index (κ1) is 18.0. The van der Waals surface area contributed by atoms with E-state index >= 15 is 0 Å². The number of amides is 2. The summed E-state index contributed by atoms with van der Waals surface area (Å²) in [4.78, 5) is 16.6. The van der Waals surface area contributed by atoms with Gasteiger partial charge in [0.05, 0.1) is 18.5 Å². The zero-order chi connectivity index (χ0) is 19.5. The van der Waals surface area contributed by atoms with Crippen molar-refractivity contribution in [3.05, 3.63) is 42.4 Å². The number of nitrogens with one attached hydrogen (secondary N) is 1. The van der Waals surface area contributed by atoms with Crippen LogP contribution in [0, 0.1) is 6.92 Å². The number of anilines is 2. The lowest BCUT2D eigenvalue weighted by atomic mass is 10.3. The van der Waals surface area contributed by atoms with Crippen LogP contribution < -0.4 is 15.0 Å². The minimum Gasteiger partial charge on any atom is -0.494 e. The molecule has 2 aromatic heterocycles. The number of urea groups is 1. The zero-order valence-corrected chi connectivity index (χ0v) is 16.0. The number of hydrogen-bond donors (Lipinski definition) is 1. The third-order valence-electron chi connectivity index (χ3n) is 4.75. The normalized spacial score (nSPS) is 14.4. The molecule has 0 saturated carbocycles. The van der Waals surface area contributed by atoms with E-state index in [9.17, 15) is 4.79 Å². The molecule has 0 aliphatic carbocycles. The summed E-state index contributed by atoms with van der Waals surface area (Å²) in [7, 11) is 0. The number of carbonyl (C=O) groups excluding carboxylic acids is 1. The summed E-state index contributed by atoms with van der Waals surface area (Å²) in [5, 5.41) is 15.5. The quantitative estimate of drug-likeness (QED) is 0.745. The Balaban J connectivity index is 1.34. The van der Waals surface area contributed by atoms with Crippen LogP contribution >= 0.6 is 0 Å². The molecule has 28 heavy (non-hydrogen) atoms. The Kier molecular flexibility index (Phi) is 4.96. The highest BCUT2D eigenvalue weighted by molar-refractivity contribution is 5.89. The second kappa shape index (κ2) is 7.71. The second-order valence-electron chi connectivity index (χ2n) is 6.59. The first-order chi connectivity index (χ1) is 13.6. The molecule has 9 heteroatoms. The molecule has 1 aromatic carbocycles. The van der Waals surface area contributed by atoms with Crippen LogP contribution in [-0.2, 0) is 0 Å². The van der Waals surface area contributed by atoms with Gasteiger partial charge < -0.3 is 19.9 Å². The van der Waals surface area contributed by atoms with Crippen LogP contribution in [0.2, 0.25) is 0 Å². The Hall–Kier alpha value is -3.36. The average molecular weight is 381 g/mol. The number of aromatic nitrogens is 4. The smallest absolute Gasteiger partial charge is 0.321 e. The number of hydrogen-bond acceptors (Lipinski definition) is 6. The molecule has 0 atom stereocenters. The van der Waals surface area contributed by atoms with E-state index in [0.29, 0.717) is 19.7 Å². The summed E-state index contributed by atoms with van der Waals surface area (Å²) >= 11 is 0. The summed E-state index contributed by atoms with van der Waals surface area (Å²) in [6.45, 7) is 7.18. The molecule has 1 saturated heterocycles. The van der Waals surface area contributed by atoms with Crippen molar-refractivity contribution >= 4 is 23.1 Å². The SMILES string of the molecule is CCOc1ccc(NC(=O)N2CCN(c3cnn4c(C)nnc4c3)CC2)cc1. The summed E-state index contributed by atoms with van der Waals surface area (Å²) in [6.07, 6.45) is 1.82. The molecule has 0 unspecified atom stereocenters. The molecule has 1 N–H and O–H groups in total. The Morgan fingerprint density at radius 1 is 1.14 bits per heavy atom. The summed E-state index contributed by atoms with van der Waals surface area (Å²) in [5.74, 6) is 1.56. The van der Waals surface area contributed by atoms with Gasteiger partial charge in [-0.25, -0.2) is 4.79 Å². The van der Waals surface area contributed by atoms with Crippen molar-refractivity contribution in [3.63, 3.8) is 0 Å². The lowest BCUT2D eigenvalue weighted by molar-refractivity contribution is 0.208. The number of piperazine rings is 1. The molecule has 146 valence electrons. The molecule has 9 nitrogen and oxygen atoms in total. The third-order valence-corrected chi connectivity index (χ3v) is 4.75. The summed E-state index contributed by atoms with van der Waals surface area (Å²) < 4.78 is 7.13. The standard InChI is InChI=1S/C19H23N7O2/c1-3-28-17-6-4-15(5-7-17)21-19(27)25-10-8-24(9-11-25)16-12-18-23-22-14(2)26(18)20-13-16/h4-7,12-13H,3,8-11H2,1-2H3,(H,21,27). The van der Waals surface area contributed by atoms with Crippen LogP contribution in [0.25, 0.3) is 5.65 Å². The maximum absolute atomic E-state index is 12.5. The van der Waals surface area contributed by atoms with Crippen molar-refractivity contribution in [2.75, 3.05) is 43.0 Å².